The van der Waals surface area contributed by atoms with Crippen LogP contribution in [0.3, 0.4) is 0 Å². The number of carbonyl (C=O) groups excluding carboxylic acids is 3. The van der Waals surface area contributed by atoms with Crippen molar-refractivity contribution < 1.29 is 14.4 Å². The number of hydrogen-bond donors (Lipinski definition) is 0. The van der Waals surface area contributed by atoms with Crippen molar-refractivity contribution in [3.05, 3.63) is 77.4 Å². The molecule has 6 nitrogen and oxygen atoms in total. The second kappa shape index (κ2) is 11.1. The third-order valence-corrected chi connectivity index (χ3v) is 5.85. The Bertz CT molecular complexity index is 950. The lowest BCUT2D eigenvalue weighted by Crippen LogP contribution is -2.48. The molecule has 7 heteroatoms. The number of nitrogens with zero attached hydrogens (tertiary/aromatic N) is 3. The molecule has 0 aliphatic carbocycles. The van der Waals surface area contributed by atoms with Crippen LogP contribution < -0.4 is 0 Å². The number of carbonyl (C=O) groups is 3. The summed E-state index contributed by atoms with van der Waals surface area (Å²) >= 11 is 0. The van der Waals surface area contributed by atoms with Gasteiger partial charge in [0.1, 0.15) is 0 Å². The summed E-state index contributed by atoms with van der Waals surface area (Å²) < 4.78 is 0. The quantitative estimate of drug-likeness (QED) is 0.603. The normalized spacial score (nSPS) is 16.4. The summed E-state index contributed by atoms with van der Waals surface area (Å²) in [5.41, 5.74) is 2.10. The van der Waals surface area contributed by atoms with Gasteiger partial charge in [0.05, 0.1) is 11.1 Å². The Morgan fingerprint density at radius 1 is 0.844 bits per heavy atom. The van der Waals surface area contributed by atoms with Gasteiger partial charge < -0.3 is 4.90 Å². The Hall–Kier alpha value is -2.96. The second-order valence-electron chi connectivity index (χ2n) is 7.91. The fourth-order valence-electron chi connectivity index (χ4n) is 4.07. The summed E-state index contributed by atoms with van der Waals surface area (Å²) in [6.07, 6.45) is 5.12. The van der Waals surface area contributed by atoms with E-state index in [0.29, 0.717) is 37.1 Å². The van der Waals surface area contributed by atoms with Gasteiger partial charge in [0.25, 0.3) is 11.8 Å². The van der Waals surface area contributed by atoms with Crippen LogP contribution in [0.5, 0.6) is 0 Å². The molecule has 0 bridgehead atoms. The van der Waals surface area contributed by atoms with Crippen molar-refractivity contribution >= 4 is 36.2 Å². The van der Waals surface area contributed by atoms with E-state index in [9.17, 15) is 14.4 Å². The number of imide groups is 1. The van der Waals surface area contributed by atoms with Crippen LogP contribution in [-0.4, -0.2) is 71.7 Å². The maximum atomic E-state index is 12.6. The van der Waals surface area contributed by atoms with Crippen molar-refractivity contribution in [3.8, 4) is 0 Å². The first-order valence-electron chi connectivity index (χ1n) is 10.8. The Balaban J connectivity index is 0.00000289. The van der Waals surface area contributed by atoms with Gasteiger partial charge in [-0.25, -0.2) is 0 Å². The summed E-state index contributed by atoms with van der Waals surface area (Å²) in [5, 5.41) is 0. The van der Waals surface area contributed by atoms with E-state index < -0.39 is 0 Å². The van der Waals surface area contributed by atoms with E-state index in [-0.39, 0.29) is 36.7 Å². The number of amides is 3. The second-order valence-corrected chi connectivity index (χ2v) is 7.91. The molecule has 0 aromatic heterocycles. The van der Waals surface area contributed by atoms with Crippen LogP contribution in [0, 0.1) is 0 Å². The minimum atomic E-state index is -0.259. The highest BCUT2D eigenvalue weighted by atomic mass is 35.5. The topological polar surface area (TPSA) is 60.9 Å². The van der Waals surface area contributed by atoms with Crippen LogP contribution in [0.15, 0.2) is 60.7 Å². The number of benzene rings is 2. The predicted molar refractivity (Wildman–Crippen MR) is 127 cm³/mol. The maximum Gasteiger partial charge on any atom is 0.261 e. The van der Waals surface area contributed by atoms with Crippen LogP contribution in [0.25, 0.3) is 6.08 Å². The lowest BCUT2D eigenvalue weighted by Gasteiger charge is -2.34. The molecule has 0 radical (unpaired) electrons. The molecule has 32 heavy (non-hydrogen) atoms. The van der Waals surface area contributed by atoms with Crippen molar-refractivity contribution in [2.45, 2.75) is 12.8 Å². The van der Waals surface area contributed by atoms with Crippen molar-refractivity contribution in [2.24, 2.45) is 0 Å². The SMILES string of the molecule is Cl.O=C(CCCN1C(=O)c2ccccc2C1=O)N1CCN(C/C=C/c2ccccc2)CC1. The minimum absolute atomic E-state index is 0. The first kappa shape index (κ1) is 23.7. The third-order valence-electron chi connectivity index (χ3n) is 5.85. The number of piperazine rings is 1. The molecule has 1 fully saturated rings. The Morgan fingerprint density at radius 3 is 2.06 bits per heavy atom. The lowest BCUT2D eigenvalue weighted by atomic mass is 10.1. The summed E-state index contributed by atoms with van der Waals surface area (Å²) in [4.78, 5) is 42.8. The summed E-state index contributed by atoms with van der Waals surface area (Å²) in [6, 6.07) is 17.1. The zero-order valence-corrected chi connectivity index (χ0v) is 18.8. The highest BCUT2D eigenvalue weighted by Gasteiger charge is 2.34. The predicted octanol–water partition coefficient (Wildman–Crippen LogP) is 3.34. The van der Waals surface area contributed by atoms with Gasteiger partial charge in [-0.3, -0.25) is 24.2 Å². The summed E-state index contributed by atoms with van der Waals surface area (Å²) in [5.74, 6) is -0.425. The van der Waals surface area contributed by atoms with Crippen LogP contribution >= 0.6 is 12.4 Å². The van der Waals surface area contributed by atoms with Gasteiger partial charge in [-0.2, -0.15) is 0 Å². The van der Waals surface area contributed by atoms with E-state index in [1.54, 1.807) is 24.3 Å². The van der Waals surface area contributed by atoms with Crippen molar-refractivity contribution in [1.82, 2.24) is 14.7 Å². The summed E-state index contributed by atoms with van der Waals surface area (Å²) in [7, 11) is 0. The molecule has 0 unspecified atom stereocenters. The molecular formula is C25H28ClN3O3. The van der Waals surface area contributed by atoms with E-state index in [1.807, 2.05) is 23.1 Å². The van der Waals surface area contributed by atoms with Crippen LogP contribution in [0.1, 0.15) is 39.1 Å². The average Bonchev–Trinajstić information content (AvgIpc) is 3.05. The minimum Gasteiger partial charge on any atom is -0.340 e. The third kappa shape index (κ3) is 5.44. The molecule has 0 spiro atoms. The maximum absolute atomic E-state index is 12.6. The van der Waals surface area contributed by atoms with Crippen molar-refractivity contribution in [3.63, 3.8) is 0 Å². The molecule has 4 rings (SSSR count). The molecule has 3 amide bonds. The van der Waals surface area contributed by atoms with Gasteiger partial charge in [0.2, 0.25) is 5.91 Å². The molecule has 2 aliphatic heterocycles. The Kier molecular flexibility index (Phi) is 8.20. The fraction of sp³-hybridized carbons (Fsp3) is 0.320. The van der Waals surface area contributed by atoms with Gasteiger partial charge in [0.15, 0.2) is 0 Å². The van der Waals surface area contributed by atoms with E-state index >= 15 is 0 Å². The number of halogens is 1. The molecule has 1 saturated heterocycles. The highest BCUT2D eigenvalue weighted by Crippen LogP contribution is 2.22. The van der Waals surface area contributed by atoms with Gasteiger partial charge in [-0.05, 0) is 24.1 Å². The largest absolute Gasteiger partial charge is 0.340 e. The highest BCUT2D eigenvalue weighted by molar-refractivity contribution is 6.21. The Morgan fingerprint density at radius 2 is 1.44 bits per heavy atom. The molecule has 2 aliphatic rings. The van der Waals surface area contributed by atoms with E-state index in [1.165, 1.54) is 10.5 Å². The Labute approximate surface area is 194 Å². The lowest BCUT2D eigenvalue weighted by molar-refractivity contribution is -0.133. The smallest absolute Gasteiger partial charge is 0.261 e. The molecule has 0 saturated carbocycles. The van der Waals surface area contributed by atoms with Gasteiger partial charge in [-0.15, -0.1) is 12.4 Å². The van der Waals surface area contributed by atoms with Gasteiger partial charge in [-0.1, -0.05) is 54.6 Å². The first-order valence-corrected chi connectivity index (χ1v) is 10.8. The molecule has 2 heterocycles. The zero-order chi connectivity index (χ0) is 21.6. The van der Waals surface area contributed by atoms with E-state index in [4.69, 9.17) is 0 Å². The summed E-state index contributed by atoms with van der Waals surface area (Å²) in [6.45, 7) is 4.28. The van der Waals surface area contributed by atoms with Gasteiger partial charge >= 0.3 is 0 Å². The molecule has 2 aromatic rings. The molecular weight excluding hydrogens is 426 g/mol. The number of fused-ring (bicyclic) bond motifs is 1. The van der Waals surface area contributed by atoms with Crippen molar-refractivity contribution in [2.75, 3.05) is 39.3 Å². The van der Waals surface area contributed by atoms with E-state index in [2.05, 4.69) is 29.2 Å². The van der Waals surface area contributed by atoms with Gasteiger partial charge in [0, 0.05) is 45.7 Å². The number of hydrogen-bond acceptors (Lipinski definition) is 4. The van der Waals surface area contributed by atoms with Crippen LogP contribution in [-0.2, 0) is 4.79 Å². The fourth-order valence-corrected chi connectivity index (χ4v) is 4.07. The standard InChI is InChI=1S/C25H27N3O3.ClH/c29-23(13-7-15-28-24(30)21-11-4-5-12-22(21)25(28)31)27-18-16-26(17-19-27)14-6-10-20-8-2-1-3-9-20;/h1-6,8-12H,7,13-19H2;1H/b10-6+;. The molecule has 0 atom stereocenters. The monoisotopic (exact) mass is 453 g/mol. The molecule has 168 valence electrons. The van der Waals surface area contributed by atoms with Crippen LogP contribution in [0.4, 0.5) is 0 Å². The first-order chi connectivity index (χ1) is 15.1. The van der Waals surface area contributed by atoms with E-state index in [0.717, 1.165) is 19.6 Å². The average molecular weight is 454 g/mol. The number of rotatable bonds is 7. The zero-order valence-electron chi connectivity index (χ0n) is 18.0. The molecule has 2 aromatic carbocycles. The van der Waals surface area contributed by atoms with Crippen molar-refractivity contribution in [1.29, 1.82) is 0 Å². The van der Waals surface area contributed by atoms with Crippen LogP contribution in [0.2, 0.25) is 0 Å². The molecule has 0 N–H and O–H groups in total.